The third kappa shape index (κ3) is 4.32. The van der Waals surface area contributed by atoms with Crippen LogP contribution in [-0.2, 0) is 30.3 Å². The first kappa shape index (κ1) is 27.4. The number of morpholine rings is 1. The maximum atomic E-state index is 16.4. The lowest BCUT2D eigenvalue weighted by molar-refractivity contribution is -0.158. The van der Waals surface area contributed by atoms with Crippen LogP contribution in [0.5, 0.6) is 0 Å². The topological polar surface area (TPSA) is 135 Å². The van der Waals surface area contributed by atoms with Crippen LogP contribution in [0.15, 0.2) is 10.6 Å². The molecule has 0 bridgehead atoms. The van der Waals surface area contributed by atoms with Crippen LogP contribution in [0.1, 0.15) is 46.6 Å². The first-order valence-corrected chi connectivity index (χ1v) is 13.9. The van der Waals surface area contributed by atoms with Crippen LogP contribution in [0.4, 0.5) is 20.7 Å². The van der Waals surface area contributed by atoms with Crippen LogP contribution in [0.25, 0.3) is 11.0 Å². The number of aromatic nitrogens is 1. The van der Waals surface area contributed by atoms with Gasteiger partial charge in [-0.2, -0.15) is 0 Å². The highest BCUT2D eigenvalue weighted by Gasteiger charge is 2.62. The van der Waals surface area contributed by atoms with E-state index in [0.717, 1.165) is 0 Å². The second kappa shape index (κ2) is 9.40. The number of anilines is 2. The van der Waals surface area contributed by atoms with Crippen LogP contribution in [0.3, 0.4) is 0 Å². The van der Waals surface area contributed by atoms with E-state index in [4.69, 9.17) is 14.0 Å². The summed E-state index contributed by atoms with van der Waals surface area (Å²) < 4.78 is 33.4. The van der Waals surface area contributed by atoms with Gasteiger partial charge in [0.05, 0.1) is 35.7 Å². The third-order valence-electron chi connectivity index (χ3n) is 8.39. The minimum Gasteiger partial charge on any atom is -0.444 e. The molecule has 2 aromatic rings. The number of carbonyl (C=O) groups excluding carboxylic acids is 4. The van der Waals surface area contributed by atoms with Gasteiger partial charge in [0.2, 0.25) is 17.4 Å². The summed E-state index contributed by atoms with van der Waals surface area (Å²) in [4.78, 5) is 56.8. The van der Waals surface area contributed by atoms with Gasteiger partial charge < -0.3 is 28.7 Å². The van der Waals surface area contributed by atoms with Crippen molar-refractivity contribution in [1.82, 2.24) is 15.4 Å². The molecule has 6 rings (SSSR count). The SMILES string of the molecule is C[C@@H]1CN2c3c(cc4c(N5CCN(C(=O)OC(C)(C)C)CC5)noc4c3F)CC3(C(=O)CC(=O)NC3=O)[C@H]2[C@H](C)O1. The number of benzene rings is 1. The van der Waals surface area contributed by atoms with Crippen molar-refractivity contribution in [3.05, 3.63) is 17.4 Å². The molecule has 0 aliphatic carbocycles. The van der Waals surface area contributed by atoms with Gasteiger partial charge >= 0.3 is 6.09 Å². The Morgan fingerprint density at radius 3 is 2.54 bits per heavy atom. The average molecular weight is 572 g/mol. The highest BCUT2D eigenvalue weighted by atomic mass is 19.1. The van der Waals surface area contributed by atoms with E-state index < -0.39 is 59.1 Å². The number of nitrogens with one attached hydrogen (secondary N) is 1. The molecule has 4 atom stereocenters. The average Bonchev–Trinajstić information content (AvgIpc) is 3.30. The van der Waals surface area contributed by atoms with E-state index in [0.29, 0.717) is 42.9 Å². The quantitative estimate of drug-likeness (QED) is 0.401. The van der Waals surface area contributed by atoms with Gasteiger partial charge in [0.15, 0.2) is 17.4 Å². The van der Waals surface area contributed by atoms with Crippen molar-refractivity contribution in [2.45, 2.75) is 71.3 Å². The number of rotatable bonds is 1. The van der Waals surface area contributed by atoms with Gasteiger partial charge in [-0.05, 0) is 52.7 Å². The largest absolute Gasteiger partial charge is 0.444 e. The number of piperazine rings is 1. The number of halogens is 1. The van der Waals surface area contributed by atoms with Gasteiger partial charge in [-0.3, -0.25) is 19.7 Å². The van der Waals surface area contributed by atoms with Crippen LogP contribution in [-0.4, -0.2) is 90.3 Å². The second-order valence-corrected chi connectivity index (χ2v) is 12.4. The van der Waals surface area contributed by atoms with Gasteiger partial charge in [-0.1, -0.05) is 5.16 Å². The fourth-order valence-corrected chi connectivity index (χ4v) is 6.79. The van der Waals surface area contributed by atoms with Gasteiger partial charge in [-0.25, -0.2) is 9.18 Å². The minimum atomic E-state index is -1.61. The fourth-order valence-electron chi connectivity index (χ4n) is 6.79. The highest BCUT2D eigenvalue weighted by Crippen LogP contribution is 2.50. The Hall–Kier alpha value is -3.74. The Kier molecular flexibility index (Phi) is 6.29. The molecule has 4 aliphatic heterocycles. The maximum absolute atomic E-state index is 16.4. The Morgan fingerprint density at radius 1 is 1.17 bits per heavy atom. The number of amides is 3. The smallest absolute Gasteiger partial charge is 0.410 e. The van der Waals surface area contributed by atoms with Gasteiger partial charge in [0.25, 0.3) is 0 Å². The Balaban J connectivity index is 1.38. The molecule has 1 aromatic heterocycles. The molecule has 220 valence electrons. The van der Waals surface area contributed by atoms with E-state index in [-0.39, 0.29) is 30.3 Å². The number of nitrogens with zero attached hydrogens (tertiary/aromatic N) is 4. The summed E-state index contributed by atoms with van der Waals surface area (Å²) in [7, 11) is 0. The summed E-state index contributed by atoms with van der Waals surface area (Å²) in [5.41, 5.74) is -1.53. The third-order valence-corrected chi connectivity index (χ3v) is 8.39. The predicted octanol–water partition coefficient (Wildman–Crippen LogP) is 2.16. The molecule has 1 N–H and O–H groups in total. The fraction of sp³-hybridized carbons (Fsp3) is 0.607. The lowest BCUT2D eigenvalue weighted by Gasteiger charge is -2.55. The van der Waals surface area contributed by atoms with E-state index in [1.165, 1.54) is 0 Å². The van der Waals surface area contributed by atoms with E-state index in [1.807, 2.05) is 32.6 Å². The number of carbonyl (C=O) groups is 4. The number of piperidine rings is 1. The Morgan fingerprint density at radius 2 is 1.88 bits per heavy atom. The van der Waals surface area contributed by atoms with Crippen molar-refractivity contribution in [2.24, 2.45) is 5.41 Å². The van der Waals surface area contributed by atoms with E-state index >= 15 is 4.39 Å². The molecule has 5 heterocycles. The molecule has 12 nitrogen and oxygen atoms in total. The molecule has 13 heteroatoms. The lowest BCUT2D eigenvalue weighted by Crippen LogP contribution is -2.72. The first-order chi connectivity index (χ1) is 19.3. The van der Waals surface area contributed by atoms with Crippen LogP contribution >= 0.6 is 0 Å². The van der Waals surface area contributed by atoms with Crippen LogP contribution in [0, 0.1) is 11.2 Å². The zero-order valence-corrected chi connectivity index (χ0v) is 23.8. The normalized spacial score (nSPS) is 28.6. The van der Waals surface area contributed by atoms with E-state index in [1.54, 1.807) is 22.8 Å². The zero-order valence-electron chi connectivity index (χ0n) is 23.8. The monoisotopic (exact) mass is 571 g/mol. The molecule has 3 fully saturated rings. The molecule has 0 radical (unpaired) electrons. The molecule has 1 spiro atoms. The number of fused-ring (bicyclic) bond motifs is 5. The molecule has 1 unspecified atom stereocenters. The van der Waals surface area contributed by atoms with Crippen molar-refractivity contribution < 1.29 is 37.6 Å². The van der Waals surface area contributed by atoms with Crippen LogP contribution < -0.4 is 15.1 Å². The highest BCUT2D eigenvalue weighted by molar-refractivity contribution is 6.22. The minimum absolute atomic E-state index is 0.0237. The molecule has 3 amide bonds. The van der Waals surface area contributed by atoms with Gasteiger partial charge in [-0.15, -0.1) is 0 Å². The zero-order chi connectivity index (χ0) is 29.4. The number of ketones is 1. The maximum Gasteiger partial charge on any atom is 0.410 e. The summed E-state index contributed by atoms with van der Waals surface area (Å²) in [6.07, 6.45) is -1.80. The Labute approximate surface area is 236 Å². The Bertz CT molecular complexity index is 1440. The van der Waals surface area contributed by atoms with Crippen molar-refractivity contribution in [1.29, 1.82) is 0 Å². The molecular weight excluding hydrogens is 537 g/mol. The number of ether oxygens (including phenoxy) is 2. The number of hydrogen-bond acceptors (Lipinski definition) is 10. The van der Waals surface area contributed by atoms with Gasteiger partial charge in [0, 0.05) is 32.7 Å². The van der Waals surface area contributed by atoms with Crippen molar-refractivity contribution >= 4 is 46.2 Å². The molecular formula is C28H34FN5O7. The molecule has 3 saturated heterocycles. The van der Waals surface area contributed by atoms with Crippen molar-refractivity contribution in [2.75, 3.05) is 42.5 Å². The second-order valence-electron chi connectivity index (χ2n) is 12.4. The number of imide groups is 1. The first-order valence-electron chi connectivity index (χ1n) is 13.9. The van der Waals surface area contributed by atoms with Gasteiger partial charge in [0.1, 0.15) is 11.0 Å². The molecule has 0 saturated carbocycles. The van der Waals surface area contributed by atoms with E-state index in [2.05, 4.69) is 10.5 Å². The lowest BCUT2D eigenvalue weighted by atomic mass is 9.63. The number of Topliss-reactive ketones (excluding diaryl/α,β-unsaturated/α-hetero) is 1. The molecule has 41 heavy (non-hydrogen) atoms. The summed E-state index contributed by atoms with van der Waals surface area (Å²) in [6, 6.07) is 0.932. The van der Waals surface area contributed by atoms with Crippen LogP contribution in [0.2, 0.25) is 0 Å². The standard InChI is InChI=1S/C28H34FN5O7/c1-14-13-34-21-16(12-28(23(34)15(2)39-14)18(35)11-19(36)30-25(28)37)10-17-22(20(21)29)41-31-24(17)32-6-8-33(9-7-32)26(38)40-27(3,4)5/h10,14-15,23H,6-9,11-13H2,1-5H3,(H,30,36,37)/t14-,15+,23-,28?/m1/s1. The summed E-state index contributed by atoms with van der Waals surface area (Å²) in [5, 5.41) is 6.96. The molecule has 4 aliphatic rings. The summed E-state index contributed by atoms with van der Waals surface area (Å²) >= 11 is 0. The molecule has 1 aromatic carbocycles. The predicted molar refractivity (Wildman–Crippen MR) is 144 cm³/mol. The summed E-state index contributed by atoms with van der Waals surface area (Å²) in [5.74, 6) is -2.03. The summed E-state index contributed by atoms with van der Waals surface area (Å²) in [6.45, 7) is 10.9. The van der Waals surface area contributed by atoms with Crippen molar-refractivity contribution in [3.8, 4) is 0 Å². The van der Waals surface area contributed by atoms with E-state index in [9.17, 15) is 19.2 Å². The number of hydrogen-bond donors (Lipinski definition) is 1. The van der Waals surface area contributed by atoms with Crippen molar-refractivity contribution in [3.63, 3.8) is 0 Å².